The topological polar surface area (TPSA) is 41.6 Å². The van der Waals surface area contributed by atoms with E-state index in [0.717, 1.165) is 30.5 Å². The van der Waals surface area contributed by atoms with Crippen molar-refractivity contribution < 1.29 is 9.53 Å². The number of halogens is 2. The third-order valence-electron chi connectivity index (χ3n) is 4.21. The van der Waals surface area contributed by atoms with E-state index in [1.54, 1.807) is 0 Å². The van der Waals surface area contributed by atoms with Gasteiger partial charge < -0.3 is 15.0 Å². The first-order valence-electron chi connectivity index (χ1n) is 8.13. The molecule has 25 heavy (non-hydrogen) atoms. The van der Waals surface area contributed by atoms with Crippen molar-refractivity contribution in [1.82, 2.24) is 10.2 Å². The van der Waals surface area contributed by atoms with Crippen molar-refractivity contribution in [3.63, 3.8) is 0 Å². The van der Waals surface area contributed by atoms with Gasteiger partial charge in [0.25, 0.3) is 5.91 Å². The van der Waals surface area contributed by atoms with Crippen LogP contribution < -0.4 is 10.1 Å². The lowest BCUT2D eigenvalue weighted by molar-refractivity contribution is 0.0784. The number of hydrogen-bond donors (Lipinski definition) is 1. The van der Waals surface area contributed by atoms with E-state index in [1.807, 2.05) is 60.5 Å². The average molecular weight is 426 g/mol. The maximum atomic E-state index is 12.9. The van der Waals surface area contributed by atoms with Gasteiger partial charge in [-0.05, 0) is 56.3 Å². The molecular formula is C19H22BrClN2O2. The molecule has 3 rings (SSSR count). The van der Waals surface area contributed by atoms with Crippen LogP contribution in [0.1, 0.15) is 16.8 Å². The molecule has 1 atom stereocenters. The molecule has 1 aliphatic rings. The molecule has 1 heterocycles. The Balaban J connectivity index is 0.00000225. The molecule has 1 unspecified atom stereocenters. The van der Waals surface area contributed by atoms with Crippen LogP contribution in [0.3, 0.4) is 0 Å². The number of nitrogens with zero attached hydrogens (tertiary/aromatic N) is 1. The lowest BCUT2D eigenvalue weighted by Gasteiger charge is -2.19. The average Bonchev–Trinajstić information content (AvgIpc) is 3.04. The molecule has 0 bridgehead atoms. The summed E-state index contributed by atoms with van der Waals surface area (Å²) in [6, 6.07) is 15.1. The van der Waals surface area contributed by atoms with E-state index in [1.165, 1.54) is 0 Å². The summed E-state index contributed by atoms with van der Waals surface area (Å²) < 4.78 is 6.90. The molecule has 0 aliphatic carbocycles. The first kappa shape index (κ1) is 19.8. The number of likely N-dealkylation sites (tertiary alicyclic amines) is 1. The van der Waals surface area contributed by atoms with E-state index in [0.29, 0.717) is 23.0 Å². The zero-order valence-corrected chi connectivity index (χ0v) is 16.5. The molecule has 0 radical (unpaired) electrons. The van der Waals surface area contributed by atoms with Gasteiger partial charge in [-0.3, -0.25) is 4.79 Å². The number of ether oxygens (including phenoxy) is 1. The number of carbonyl (C=O) groups is 1. The molecule has 0 saturated carbocycles. The van der Waals surface area contributed by atoms with Crippen LogP contribution in [0, 0.1) is 5.92 Å². The fourth-order valence-corrected chi connectivity index (χ4v) is 3.41. The Bertz CT molecular complexity index is 726. The number of rotatable bonds is 5. The second kappa shape index (κ2) is 9.22. The molecule has 1 aliphatic heterocycles. The summed E-state index contributed by atoms with van der Waals surface area (Å²) in [5.41, 5.74) is 0.614. The minimum Gasteiger partial charge on any atom is -0.456 e. The van der Waals surface area contributed by atoms with Crippen molar-refractivity contribution in [3.8, 4) is 11.5 Å². The fourth-order valence-electron chi connectivity index (χ4n) is 3.03. The summed E-state index contributed by atoms with van der Waals surface area (Å²) in [4.78, 5) is 14.8. The lowest BCUT2D eigenvalue weighted by atomic mass is 10.1. The highest BCUT2D eigenvalue weighted by atomic mass is 79.9. The van der Waals surface area contributed by atoms with Crippen molar-refractivity contribution >= 4 is 34.2 Å². The van der Waals surface area contributed by atoms with Gasteiger partial charge in [-0.1, -0.05) is 34.1 Å². The molecule has 6 heteroatoms. The Morgan fingerprint density at radius 1 is 1.28 bits per heavy atom. The predicted molar refractivity (Wildman–Crippen MR) is 106 cm³/mol. The highest BCUT2D eigenvalue weighted by Gasteiger charge is 2.28. The summed E-state index contributed by atoms with van der Waals surface area (Å²) in [7, 11) is 1.95. The summed E-state index contributed by atoms with van der Waals surface area (Å²) in [6.45, 7) is 2.54. The van der Waals surface area contributed by atoms with Crippen molar-refractivity contribution in [2.45, 2.75) is 6.42 Å². The van der Waals surface area contributed by atoms with E-state index in [9.17, 15) is 4.79 Å². The highest BCUT2D eigenvalue weighted by Crippen LogP contribution is 2.29. The molecule has 1 fully saturated rings. The van der Waals surface area contributed by atoms with Gasteiger partial charge in [0.15, 0.2) is 0 Å². The molecule has 0 aromatic heterocycles. The monoisotopic (exact) mass is 424 g/mol. The molecule has 1 saturated heterocycles. The second-order valence-electron chi connectivity index (χ2n) is 6.02. The standard InChI is InChI=1S/C19H21BrN2O2.ClH/c1-21-12-14-9-10-22(13-14)19(23)17-7-2-3-8-18(17)24-16-6-4-5-15(20)11-16;/h2-8,11,14,21H,9-10,12-13H2,1H3;1H. The molecule has 2 aromatic carbocycles. The van der Waals surface area contributed by atoms with Crippen LogP contribution in [0.15, 0.2) is 53.0 Å². The van der Waals surface area contributed by atoms with E-state index in [2.05, 4.69) is 21.2 Å². The third-order valence-corrected chi connectivity index (χ3v) is 4.70. The number of amides is 1. The van der Waals surface area contributed by atoms with Crippen LogP contribution in [-0.4, -0.2) is 37.5 Å². The van der Waals surface area contributed by atoms with Crippen LogP contribution >= 0.6 is 28.3 Å². The molecule has 1 N–H and O–H groups in total. The molecule has 4 nitrogen and oxygen atoms in total. The van der Waals surface area contributed by atoms with Gasteiger partial charge in [-0.2, -0.15) is 0 Å². The summed E-state index contributed by atoms with van der Waals surface area (Å²) in [5, 5.41) is 3.19. The van der Waals surface area contributed by atoms with Gasteiger partial charge in [-0.25, -0.2) is 0 Å². The van der Waals surface area contributed by atoms with Gasteiger partial charge in [0.05, 0.1) is 5.56 Å². The van der Waals surface area contributed by atoms with E-state index >= 15 is 0 Å². The van der Waals surface area contributed by atoms with Gasteiger partial charge in [0, 0.05) is 17.6 Å². The van der Waals surface area contributed by atoms with Crippen LogP contribution in [-0.2, 0) is 0 Å². The van der Waals surface area contributed by atoms with Crippen LogP contribution in [0.4, 0.5) is 0 Å². The SMILES string of the molecule is CNCC1CCN(C(=O)c2ccccc2Oc2cccc(Br)c2)C1.Cl. The van der Waals surface area contributed by atoms with Crippen molar-refractivity contribution in [3.05, 3.63) is 58.6 Å². The van der Waals surface area contributed by atoms with E-state index in [-0.39, 0.29) is 18.3 Å². The summed E-state index contributed by atoms with van der Waals surface area (Å²) in [5.74, 6) is 1.87. The van der Waals surface area contributed by atoms with Gasteiger partial charge in [-0.15, -0.1) is 12.4 Å². The Hall–Kier alpha value is -1.56. The minimum atomic E-state index is 0. The number of carbonyl (C=O) groups excluding carboxylic acids is 1. The molecule has 134 valence electrons. The van der Waals surface area contributed by atoms with Gasteiger partial charge in [0.2, 0.25) is 0 Å². The van der Waals surface area contributed by atoms with E-state index < -0.39 is 0 Å². The third kappa shape index (κ3) is 4.97. The zero-order chi connectivity index (χ0) is 16.9. The quantitative estimate of drug-likeness (QED) is 0.774. The van der Waals surface area contributed by atoms with Crippen molar-refractivity contribution in [1.29, 1.82) is 0 Å². The number of nitrogens with one attached hydrogen (secondary N) is 1. The first-order valence-corrected chi connectivity index (χ1v) is 8.93. The predicted octanol–water partition coefficient (Wildman–Crippen LogP) is 4.34. The van der Waals surface area contributed by atoms with Crippen LogP contribution in [0.5, 0.6) is 11.5 Å². The maximum Gasteiger partial charge on any atom is 0.257 e. The Labute approximate surface area is 163 Å². The minimum absolute atomic E-state index is 0. The smallest absolute Gasteiger partial charge is 0.257 e. The second-order valence-corrected chi connectivity index (χ2v) is 6.93. The van der Waals surface area contributed by atoms with Gasteiger partial charge >= 0.3 is 0 Å². The van der Waals surface area contributed by atoms with Crippen molar-refractivity contribution in [2.24, 2.45) is 5.92 Å². The summed E-state index contributed by atoms with van der Waals surface area (Å²) >= 11 is 3.44. The Kier molecular flexibility index (Phi) is 7.29. The molecule has 0 spiro atoms. The maximum absolute atomic E-state index is 12.9. The van der Waals surface area contributed by atoms with Crippen LogP contribution in [0.25, 0.3) is 0 Å². The molecule has 1 amide bonds. The van der Waals surface area contributed by atoms with Crippen molar-refractivity contribution in [2.75, 3.05) is 26.7 Å². The van der Waals surface area contributed by atoms with Gasteiger partial charge in [0.1, 0.15) is 11.5 Å². The normalized spacial score (nSPS) is 16.4. The molecule has 2 aromatic rings. The fraction of sp³-hybridized carbons (Fsp3) is 0.316. The zero-order valence-electron chi connectivity index (χ0n) is 14.1. The Morgan fingerprint density at radius 3 is 2.84 bits per heavy atom. The number of benzene rings is 2. The molecular weight excluding hydrogens is 404 g/mol. The number of para-hydroxylation sites is 1. The van der Waals surface area contributed by atoms with E-state index in [4.69, 9.17) is 4.74 Å². The number of hydrogen-bond acceptors (Lipinski definition) is 3. The lowest BCUT2D eigenvalue weighted by Crippen LogP contribution is -2.30. The summed E-state index contributed by atoms with van der Waals surface area (Å²) in [6.07, 6.45) is 1.04. The highest BCUT2D eigenvalue weighted by molar-refractivity contribution is 9.10. The van der Waals surface area contributed by atoms with Crippen LogP contribution in [0.2, 0.25) is 0 Å². The Morgan fingerprint density at radius 2 is 2.08 bits per heavy atom. The first-order chi connectivity index (χ1) is 11.7. The largest absolute Gasteiger partial charge is 0.456 e.